The number of nitrogens with one attached hydrogen (secondary N) is 2. The van der Waals surface area contributed by atoms with Crippen molar-refractivity contribution in [1.82, 2.24) is 10.6 Å². The number of unbranched alkanes of at least 4 members (excludes halogenated alkanes) is 1. The minimum atomic E-state index is 0. The third kappa shape index (κ3) is 8.80. The van der Waals surface area contributed by atoms with E-state index >= 15 is 0 Å². The second-order valence-electron chi connectivity index (χ2n) is 4.98. The van der Waals surface area contributed by atoms with Gasteiger partial charge >= 0.3 is 0 Å². The summed E-state index contributed by atoms with van der Waals surface area (Å²) in [5, 5.41) is 6.56. The van der Waals surface area contributed by atoms with Gasteiger partial charge in [-0.3, -0.25) is 4.99 Å². The van der Waals surface area contributed by atoms with Gasteiger partial charge in [0.1, 0.15) is 11.9 Å². The maximum Gasteiger partial charge on any atom is 0.191 e. The molecular formula is C16H28IN3O. The van der Waals surface area contributed by atoms with Crippen molar-refractivity contribution in [2.24, 2.45) is 4.99 Å². The van der Waals surface area contributed by atoms with Gasteiger partial charge < -0.3 is 15.4 Å². The lowest BCUT2D eigenvalue weighted by Crippen LogP contribution is -2.42. The highest BCUT2D eigenvalue weighted by molar-refractivity contribution is 14.0. The standard InChI is InChI=1S/C16H27N3O.HI/c1-5-6-10-18-16(17-4)19-12-14(3)20-15-9-7-8-13(2)11-15;/h7-9,11,14H,5-6,10,12H2,1-4H3,(H2,17,18,19);1H. The largest absolute Gasteiger partial charge is 0.489 e. The summed E-state index contributed by atoms with van der Waals surface area (Å²) in [5.74, 6) is 1.74. The Morgan fingerprint density at radius 1 is 1.33 bits per heavy atom. The average molecular weight is 405 g/mol. The first-order valence-electron chi connectivity index (χ1n) is 7.33. The van der Waals surface area contributed by atoms with Crippen molar-refractivity contribution < 1.29 is 4.74 Å². The zero-order valence-electron chi connectivity index (χ0n) is 13.5. The van der Waals surface area contributed by atoms with Gasteiger partial charge in [0.15, 0.2) is 5.96 Å². The van der Waals surface area contributed by atoms with E-state index in [0.717, 1.165) is 31.2 Å². The third-order valence-corrected chi connectivity index (χ3v) is 2.93. The summed E-state index contributed by atoms with van der Waals surface area (Å²) in [5.41, 5.74) is 1.21. The van der Waals surface area contributed by atoms with Gasteiger partial charge in [-0.2, -0.15) is 0 Å². The van der Waals surface area contributed by atoms with Gasteiger partial charge in [0.2, 0.25) is 0 Å². The zero-order chi connectivity index (χ0) is 14.8. The topological polar surface area (TPSA) is 45.7 Å². The molecule has 1 aromatic rings. The van der Waals surface area contributed by atoms with E-state index < -0.39 is 0 Å². The first kappa shape index (κ1) is 20.0. The van der Waals surface area contributed by atoms with Gasteiger partial charge in [0.05, 0.1) is 6.54 Å². The van der Waals surface area contributed by atoms with Crippen LogP contribution in [0.2, 0.25) is 0 Å². The van der Waals surface area contributed by atoms with Crippen molar-refractivity contribution in [2.75, 3.05) is 20.1 Å². The van der Waals surface area contributed by atoms with E-state index in [1.54, 1.807) is 7.05 Å². The number of aryl methyl sites for hydroxylation is 1. The molecule has 0 radical (unpaired) electrons. The van der Waals surface area contributed by atoms with E-state index in [4.69, 9.17) is 4.74 Å². The lowest BCUT2D eigenvalue weighted by atomic mass is 10.2. The normalized spacial score (nSPS) is 12.3. The zero-order valence-corrected chi connectivity index (χ0v) is 15.8. The van der Waals surface area contributed by atoms with E-state index in [-0.39, 0.29) is 30.1 Å². The van der Waals surface area contributed by atoms with Crippen molar-refractivity contribution in [1.29, 1.82) is 0 Å². The van der Waals surface area contributed by atoms with Gasteiger partial charge in [-0.05, 0) is 38.0 Å². The fourth-order valence-corrected chi connectivity index (χ4v) is 1.81. The van der Waals surface area contributed by atoms with Crippen LogP contribution in [0.5, 0.6) is 5.75 Å². The monoisotopic (exact) mass is 405 g/mol. The molecule has 0 aromatic heterocycles. The molecule has 0 aliphatic heterocycles. The number of hydrogen-bond acceptors (Lipinski definition) is 2. The molecule has 120 valence electrons. The maximum atomic E-state index is 5.87. The van der Waals surface area contributed by atoms with Crippen LogP contribution in [0.25, 0.3) is 0 Å². The number of rotatable bonds is 7. The number of benzene rings is 1. The molecule has 5 heteroatoms. The van der Waals surface area contributed by atoms with Crippen LogP contribution < -0.4 is 15.4 Å². The van der Waals surface area contributed by atoms with E-state index in [2.05, 4.69) is 42.5 Å². The number of guanidine groups is 1. The molecule has 1 atom stereocenters. The fourth-order valence-electron chi connectivity index (χ4n) is 1.81. The summed E-state index contributed by atoms with van der Waals surface area (Å²) >= 11 is 0. The van der Waals surface area contributed by atoms with Crippen LogP contribution in [0.4, 0.5) is 0 Å². The summed E-state index contributed by atoms with van der Waals surface area (Å²) in [6.45, 7) is 7.96. The molecule has 0 saturated heterocycles. The Morgan fingerprint density at radius 3 is 2.71 bits per heavy atom. The minimum absolute atomic E-state index is 0. The summed E-state index contributed by atoms with van der Waals surface area (Å²) in [6.07, 6.45) is 2.41. The van der Waals surface area contributed by atoms with Crippen LogP contribution in [0, 0.1) is 6.92 Å². The Labute approximate surface area is 145 Å². The van der Waals surface area contributed by atoms with Crippen LogP contribution in [-0.4, -0.2) is 32.2 Å². The Morgan fingerprint density at radius 2 is 2.10 bits per heavy atom. The van der Waals surface area contributed by atoms with Crippen LogP contribution in [0.1, 0.15) is 32.3 Å². The SMILES string of the molecule is CCCCNC(=NC)NCC(C)Oc1cccc(C)c1.I. The van der Waals surface area contributed by atoms with Crippen LogP contribution >= 0.6 is 24.0 Å². The van der Waals surface area contributed by atoms with Crippen molar-refractivity contribution in [3.05, 3.63) is 29.8 Å². The van der Waals surface area contributed by atoms with Crippen molar-refractivity contribution in [3.8, 4) is 5.75 Å². The molecule has 0 saturated carbocycles. The lowest BCUT2D eigenvalue weighted by Gasteiger charge is -2.18. The molecule has 1 aromatic carbocycles. The second-order valence-corrected chi connectivity index (χ2v) is 4.98. The Kier molecular flexibility index (Phi) is 11.1. The lowest BCUT2D eigenvalue weighted by molar-refractivity contribution is 0.223. The van der Waals surface area contributed by atoms with Crippen molar-refractivity contribution >= 4 is 29.9 Å². The molecule has 1 rings (SSSR count). The predicted octanol–water partition coefficient (Wildman–Crippen LogP) is 3.35. The number of nitrogens with zero attached hydrogens (tertiary/aromatic N) is 1. The van der Waals surface area contributed by atoms with E-state index in [9.17, 15) is 0 Å². The molecule has 0 bridgehead atoms. The smallest absolute Gasteiger partial charge is 0.191 e. The number of halogens is 1. The van der Waals surface area contributed by atoms with Crippen LogP contribution in [0.15, 0.2) is 29.3 Å². The molecule has 0 aliphatic carbocycles. The minimum Gasteiger partial charge on any atom is -0.489 e. The summed E-state index contributed by atoms with van der Waals surface area (Å²) in [7, 11) is 1.79. The Hall–Kier alpha value is -0.980. The van der Waals surface area contributed by atoms with E-state index in [1.807, 2.05) is 18.2 Å². The number of ether oxygens (including phenoxy) is 1. The molecule has 0 amide bonds. The van der Waals surface area contributed by atoms with Crippen molar-refractivity contribution in [3.63, 3.8) is 0 Å². The van der Waals surface area contributed by atoms with Crippen molar-refractivity contribution in [2.45, 2.75) is 39.7 Å². The molecule has 0 spiro atoms. The Balaban J connectivity index is 0.00000400. The molecule has 0 aliphatic rings. The highest BCUT2D eigenvalue weighted by Crippen LogP contribution is 2.13. The van der Waals surface area contributed by atoms with Gasteiger partial charge in [-0.1, -0.05) is 25.5 Å². The first-order chi connectivity index (χ1) is 9.65. The molecule has 0 fully saturated rings. The average Bonchev–Trinajstić information content (AvgIpc) is 2.42. The summed E-state index contributed by atoms with van der Waals surface area (Å²) < 4.78 is 5.87. The second kappa shape index (κ2) is 11.7. The highest BCUT2D eigenvalue weighted by Gasteiger charge is 2.05. The highest BCUT2D eigenvalue weighted by atomic mass is 127. The van der Waals surface area contributed by atoms with E-state index in [1.165, 1.54) is 12.0 Å². The van der Waals surface area contributed by atoms with Crippen LogP contribution in [0.3, 0.4) is 0 Å². The molecule has 1 unspecified atom stereocenters. The fraction of sp³-hybridized carbons (Fsp3) is 0.562. The molecule has 4 nitrogen and oxygen atoms in total. The summed E-state index contributed by atoms with van der Waals surface area (Å²) in [4.78, 5) is 4.19. The quantitative estimate of drug-likeness (QED) is 0.317. The van der Waals surface area contributed by atoms with Gasteiger partial charge in [0, 0.05) is 13.6 Å². The van der Waals surface area contributed by atoms with Gasteiger partial charge in [-0.15, -0.1) is 24.0 Å². The summed E-state index contributed by atoms with van der Waals surface area (Å²) in [6, 6.07) is 8.11. The number of aliphatic imine (C=N–C) groups is 1. The van der Waals surface area contributed by atoms with E-state index in [0.29, 0.717) is 0 Å². The first-order valence-corrected chi connectivity index (χ1v) is 7.33. The number of hydrogen-bond donors (Lipinski definition) is 2. The Bertz CT molecular complexity index is 424. The third-order valence-electron chi connectivity index (χ3n) is 2.93. The van der Waals surface area contributed by atoms with Crippen LogP contribution in [-0.2, 0) is 0 Å². The molecular weight excluding hydrogens is 377 g/mol. The molecule has 0 heterocycles. The molecule has 2 N–H and O–H groups in total. The predicted molar refractivity (Wildman–Crippen MR) is 101 cm³/mol. The molecule has 21 heavy (non-hydrogen) atoms. The maximum absolute atomic E-state index is 5.87. The van der Waals surface area contributed by atoms with Gasteiger partial charge in [0.25, 0.3) is 0 Å². The van der Waals surface area contributed by atoms with Gasteiger partial charge in [-0.25, -0.2) is 0 Å².